The van der Waals surface area contributed by atoms with Crippen molar-refractivity contribution in [2.45, 2.75) is 71.5 Å². The van der Waals surface area contributed by atoms with Gasteiger partial charge >= 0.3 is 5.97 Å². The van der Waals surface area contributed by atoms with Crippen molar-refractivity contribution in [3.8, 4) is 0 Å². The molecule has 1 aliphatic carbocycles. The maximum atomic E-state index is 12.5. The van der Waals surface area contributed by atoms with E-state index < -0.39 is 5.54 Å². The third-order valence-corrected chi connectivity index (χ3v) is 4.43. The fourth-order valence-electron chi connectivity index (χ4n) is 3.27. The molecule has 1 saturated carbocycles. The van der Waals surface area contributed by atoms with Crippen molar-refractivity contribution in [1.82, 2.24) is 10.2 Å². The van der Waals surface area contributed by atoms with Crippen LogP contribution in [0.5, 0.6) is 0 Å². The molecule has 0 amide bonds. The lowest BCUT2D eigenvalue weighted by Crippen LogP contribution is -2.63. The summed E-state index contributed by atoms with van der Waals surface area (Å²) in [5, 5.41) is 3.53. The van der Waals surface area contributed by atoms with E-state index in [0.717, 1.165) is 25.8 Å². The predicted octanol–water partition coefficient (Wildman–Crippen LogP) is 2.67. The highest BCUT2D eigenvalue weighted by atomic mass is 16.5. The van der Waals surface area contributed by atoms with E-state index in [1.54, 1.807) is 0 Å². The summed E-state index contributed by atoms with van der Waals surface area (Å²) in [6.07, 6.45) is 3.36. The molecule has 0 aromatic heterocycles. The highest BCUT2D eigenvalue weighted by Gasteiger charge is 2.52. The van der Waals surface area contributed by atoms with Gasteiger partial charge in [0.05, 0.1) is 7.11 Å². The van der Waals surface area contributed by atoms with Crippen molar-refractivity contribution in [2.24, 2.45) is 11.8 Å². The quantitative estimate of drug-likeness (QED) is 0.665. The number of carbonyl (C=O) groups excluding carboxylic acids is 1. The maximum Gasteiger partial charge on any atom is 0.327 e. The molecule has 2 unspecified atom stereocenters. The Morgan fingerprint density at radius 1 is 1.29 bits per heavy atom. The molecule has 4 nitrogen and oxygen atoms in total. The topological polar surface area (TPSA) is 41.6 Å². The highest BCUT2D eigenvalue weighted by Crippen LogP contribution is 2.41. The Hall–Kier alpha value is -0.610. The van der Waals surface area contributed by atoms with Crippen LogP contribution in [0, 0.1) is 11.8 Å². The average molecular weight is 298 g/mol. The fourth-order valence-corrected chi connectivity index (χ4v) is 3.27. The zero-order valence-corrected chi connectivity index (χ0v) is 14.9. The summed E-state index contributed by atoms with van der Waals surface area (Å²) in [6.45, 7) is 11.6. The summed E-state index contributed by atoms with van der Waals surface area (Å²) >= 11 is 0. The number of esters is 1. The smallest absolute Gasteiger partial charge is 0.327 e. The van der Waals surface area contributed by atoms with Crippen LogP contribution in [-0.4, -0.2) is 49.2 Å². The van der Waals surface area contributed by atoms with E-state index in [2.05, 4.69) is 51.9 Å². The van der Waals surface area contributed by atoms with Crippen LogP contribution >= 0.6 is 0 Å². The molecule has 0 heterocycles. The van der Waals surface area contributed by atoms with Crippen LogP contribution in [0.2, 0.25) is 0 Å². The van der Waals surface area contributed by atoms with E-state index in [1.165, 1.54) is 7.11 Å². The van der Waals surface area contributed by atoms with Gasteiger partial charge < -0.3 is 9.64 Å². The predicted molar refractivity (Wildman–Crippen MR) is 87.3 cm³/mol. The molecular weight excluding hydrogens is 264 g/mol. The molecule has 0 bridgehead atoms. The van der Waals surface area contributed by atoms with E-state index in [-0.39, 0.29) is 12.0 Å². The lowest BCUT2D eigenvalue weighted by atomic mass is 9.90. The Kier molecular flexibility index (Phi) is 6.67. The van der Waals surface area contributed by atoms with Crippen LogP contribution in [0.1, 0.15) is 53.9 Å². The van der Waals surface area contributed by atoms with Gasteiger partial charge in [0, 0.05) is 18.6 Å². The van der Waals surface area contributed by atoms with Crippen molar-refractivity contribution in [2.75, 3.05) is 20.7 Å². The average Bonchev–Trinajstić information content (AvgIpc) is 3.19. The number of hydrogen-bond donors (Lipinski definition) is 1. The van der Waals surface area contributed by atoms with Gasteiger partial charge in [0.2, 0.25) is 0 Å². The van der Waals surface area contributed by atoms with Gasteiger partial charge in [-0.1, -0.05) is 13.8 Å². The molecule has 21 heavy (non-hydrogen) atoms. The molecule has 4 heteroatoms. The molecule has 1 rings (SSSR count). The van der Waals surface area contributed by atoms with Crippen molar-refractivity contribution in [3.63, 3.8) is 0 Å². The molecule has 2 atom stereocenters. The number of carbonyl (C=O) groups is 1. The highest BCUT2D eigenvalue weighted by molar-refractivity contribution is 5.82. The maximum absolute atomic E-state index is 12.5. The van der Waals surface area contributed by atoms with Crippen LogP contribution in [0.25, 0.3) is 0 Å². The first kappa shape index (κ1) is 18.4. The molecule has 0 aromatic carbocycles. The molecule has 0 aromatic rings. The van der Waals surface area contributed by atoms with Gasteiger partial charge in [0.15, 0.2) is 0 Å². The summed E-state index contributed by atoms with van der Waals surface area (Å²) in [5.41, 5.74) is -0.553. The summed E-state index contributed by atoms with van der Waals surface area (Å²) in [6, 6.07) is 0.722. The Balaban J connectivity index is 2.87. The number of nitrogens with one attached hydrogen (secondary N) is 1. The number of methoxy groups -OCH3 is 1. The van der Waals surface area contributed by atoms with E-state index >= 15 is 0 Å². The summed E-state index contributed by atoms with van der Waals surface area (Å²) in [7, 11) is 3.62. The Morgan fingerprint density at radius 2 is 1.86 bits per heavy atom. The molecule has 1 N–H and O–H groups in total. The number of nitrogens with zero attached hydrogens (tertiary/aromatic N) is 1. The summed E-state index contributed by atoms with van der Waals surface area (Å²) < 4.78 is 5.15. The van der Waals surface area contributed by atoms with Crippen molar-refractivity contribution in [3.05, 3.63) is 0 Å². The third kappa shape index (κ3) is 4.96. The van der Waals surface area contributed by atoms with E-state index in [0.29, 0.717) is 17.9 Å². The van der Waals surface area contributed by atoms with Gasteiger partial charge in [-0.15, -0.1) is 0 Å². The SMILES string of the molecule is COC(=O)C(CN(C)C(C)CC(C)C)(NC(C)C)C1CC1. The molecule has 1 aliphatic rings. The van der Waals surface area contributed by atoms with Crippen LogP contribution in [0.3, 0.4) is 0 Å². The first-order valence-corrected chi connectivity index (χ1v) is 8.29. The lowest BCUT2D eigenvalue weighted by molar-refractivity contribution is -0.151. The first-order valence-electron chi connectivity index (χ1n) is 8.29. The lowest BCUT2D eigenvalue weighted by Gasteiger charge is -2.39. The molecular formula is C17H34N2O2. The van der Waals surface area contributed by atoms with Crippen molar-refractivity contribution >= 4 is 5.97 Å². The van der Waals surface area contributed by atoms with Crippen molar-refractivity contribution < 1.29 is 9.53 Å². The Labute approximate surface area is 130 Å². The van der Waals surface area contributed by atoms with Crippen molar-refractivity contribution in [1.29, 1.82) is 0 Å². The van der Waals surface area contributed by atoms with E-state index in [1.807, 2.05) is 0 Å². The fraction of sp³-hybridized carbons (Fsp3) is 0.941. The number of hydrogen-bond acceptors (Lipinski definition) is 4. The van der Waals surface area contributed by atoms with Gasteiger partial charge in [-0.2, -0.15) is 0 Å². The van der Waals surface area contributed by atoms with Gasteiger partial charge in [-0.05, 0) is 58.9 Å². The van der Waals surface area contributed by atoms with E-state index in [9.17, 15) is 4.79 Å². The van der Waals surface area contributed by atoms with E-state index in [4.69, 9.17) is 4.74 Å². The van der Waals surface area contributed by atoms with Gasteiger partial charge in [0.1, 0.15) is 5.54 Å². The van der Waals surface area contributed by atoms with Gasteiger partial charge in [-0.3, -0.25) is 5.32 Å². The largest absolute Gasteiger partial charge is 0.468 e. The normalized spacial score (nSPS) is 19.9. The molecule has 0 spiro atoms. The second kappa shape index (κ2) is 7.59. The monoisotopic (exact) mass is 298 g/mol. The second-order valence-electron chi connectivity index (χ2n) is 7.43. The standard InChI is InChI=1S/C17H34N2O2/c1-12(2)10-14(5)19(6)11-17(15-8-9-15,16(20)21-7)18-13(3)4/h12-15,18H,8-11H2,1-7H3. The molecule has 1 fully saturated rings. The zero-order chi connectivity index (χ0) is 16.2. The second-order valence-corrected chi connectivity index (χ2v) is 7.43. The molecule has 0 radical (unpaired) electrons. The molecule has 124 valence electrons. The zero-order valence-electron chi connectivity index (χ0n) is 14.9. The van der Waals surface area contributed by atoms with Gasteiger partial charge in [-0.25, -0.2) is 4.79 Å². The third-order valence-electron chi connectivity index (χ3n) is 4.43. The van der Waals surface area contributed by atoms with Crippen LogP contribution in [-0.2, 0) is 9.53 Å². The number of likely N-dealkylation sites (N-methyl/N-ethyl adjacent to an activating group) is 1. The minimum atomic E-state index is -0.553. The minimum Gasteiger partial charge on any atom is -0.468 e. The summed E-state index contributed by atoms with van der Waals surface area (Å²) in [5.74, 6) is 0.956. The van der Waals surface area contributed by atoms with Gasteiger partial charge in [0.25, 0.3) is 0 Å². The minimum absolute atomic E-state index is 0.109. The first-order chi connectivity index (χ1) is 9.72. The van der Waals surface area contributed by atoms with Crippen LogP contribution in [0.4, 0.5) is 0 Å². The number of ether oxygens (including phenoxy) is 1. The number of rotatable bonds is 9. The summed E-state index contributed by atoms with van der Waals surface area (Å²) in [4.78, 5) is 14.8. The molecule has 0 aliphatic heterocycles. The Morgan fingerprint density at radius 3 is 2.24 bits per heavy atom. The van der Waals surface area contributed by atoms with Crippen LogP contribution in [0.15, 0.2) is 0 Å². The Bertz CT molecular complexity index is 340. The van der Waals surface area contributed by atoms with Crippen LogP contribution < -0.4 is 5.32 Å². The molecule has 0 saturated heterocycles.